The van der Waals surface area contributed by atoms with E-state index in [1.165, 1.54) is 61.6 Å². The van der Waals surface area contributed by atoms with Crippen molar-refractivity contribution in [3.8, 4) is 5.75 Å². The molecule has 0 fully saturated rings. The number of carbonyl (C=O) groups is 1. The topological polar surface area (TPSA) is 26.3 Å². The maximum atomic E-state index is 12.5. The van der Waals surface area contributed by atoms with E-state index < -0.39 is 0 Å². The average molecular weight is 405 g/mol. The van der Waals surface area contributed by atoms with E-state index in [2.05, 4.69) is 32.1 Å². The third-order valence-electron chi connectivity index (χ3n) is 6.15. The van der Waals surface area contributed by atoms with E-state index in [-0.39, 0.29) is 5.97 Å². The predicted molar refractivity (Wildman–Crippen MR) is 126 cm³/mol. The standard InChI is InChI=1S/C28H36O2/c1-3-5-6-7-9-23-10-14-24(15-11-23)25-16-18-26(19-17-25)28(29)30-27-20-12-22(8-4-2)13-21-27/h12-14,16-21,23H,3-11,15H2,1-2H3. The second-order valence-corrected chi connectivity index (χ2v) is 8.58. The number of hydrogen-bond donors (Lipinski definition) is 0. The van der Waals surface area contributed by atoms with Gasteiger partial charge in [0.25, 0.3) is 0 Å². The van der Waals surface area contributed by atoms with Gasteiger partial charge < -0.3 is 4.74 Å². The van der Waals surface area contributed by atoms with Gasteiger partial charge in [0.1, 0.15) is 5.75 Å². The summed E-state index contributed by atoms with van der Waals surface area (Å²) < 4.78 is 5.53. The predicted octanol–water partition coefficient (Wildman–Crippen LogP) is 8.01. The van der Waals surface area contributed by atoms with Gasteiger partial charge in [-0.3, -0.25) is 0 Å². The van der Waals surface area contributed by atoms with Crippen molar-refractivity contribution < 1.29 is 9.53 Å². The Morgan fingerprint density at radius 1 is 0.933 bits per heavy atom. The fourth-order valence-corrected chi connectivity index (χ4v) is 4.27. The number of ether oxygens (including phenoxy) is 1. The van der Waals surface area contributed by atoms with Crippen LogP contribution < -0.4 is 4.74 Å². The molecule has 0 aromatic heterocycles. The number of benzene rings is 2. The molecule has 0 bridgehead atoms. The highest BCUT2D eigenvalue weighted by atomic mass is 16.5. The van der Waals surface area contributed by atoms with E-state index in [9.17, 15) is 4.79 Å². The molecule has 1 unspecified atom stereocenters. The monoisotopic (exact) mass is 404 g/mol. The minimum atomic E-state index is -0.297. The van der Waals surface area contributed by atoms with Crippen LogP contribution in [0.2, 0.25) is 0 Å². The van der Waals surface area contributed by atoms with Gasteiger partial charge in [-0.2, -0.15) is 0 Å². The number of rotatable bonds is 10. The molecule has 30 heavy (non-hydrogen) atoms. The molecule has 1 atom stereocenters. The number of allylic oxidation sites excluding steroid dienone is 2. The molecule has 0 radical (unpaired) electrons. The zero-order valence-electron chi connectivity index (χ0n) is 18.7. The molecule has 0 spiro atoms. The maximum absolute atomic E-state index is 12.5. The van der Waals surface area contributed by atoms with Gasteiger partial charge in [-0.1, -0.05) is 82.7 Å². The van der Waals surface area contributed by atoms with Crippen LogP contribution in [-0.4, -0.2) is 5.97 Å². The number of unbranched alkanes of at least 4 members (excludes halogenated alkanes) is 3. The van der Waals surface area contributed by atoms with Crippen LogP contribution in [0.5, 0.6) is 5.75 Å². The maximum Gasteiger partial charge on any atom is 0.343 e. The zero-order chi connectivity index (χ0) is 21.2. The molecule has 0 N–H and O–H groups in total. The first-order chi connectivity index (χ1) is 14.7. The second kappa shape index (κ2) is 11.7. The van der Waals surface area contributed by atoms with Crippen molar-refractivity contribution in [3.05, 3.63) is 71.3 Å². The molecular formula is C28H36O2. The molecule has 0 saturated carbocycles. The molecule has 0 saturated heterocycles. The number of hydrogen-bond acceptors (Lipinski definition) is 2. The van der Waals surface area contributed by atoms with Gasteiger partial charge in [-0.15, -0.1) is 0 Å². The van der Waals surface area contributed by atoms with Crippen molar-refractivity contribution in [2.75, 3.05) is 0 Å². The normalized spacial score (nSPS) is 16.2. The lowest BCUT2D eigenvalue weighted by Crippen LogP contribution is -2.09. The Morgan fingerprint density at radius 3 is 2.33 bits per heavy atom. The van der Waals surface area contributed by atoms with Gasteiger partial charge in [0.05, 0.1) is 5.56 Å². The molecule has 1 aliphatic carbocycles. The van der Waals surface area contributed by atoms with Crippen molar-refractivity contribution in [2.45, 2.75) is 78.1 Å². The van der Waals surface area contributed by atoms with Gasteiger partial charge in [0, 0.05) is 0 Å². The minimum Gasteiger partial charge on any atom is -0.423 e. The van der Waals surface area contributed by atoms with E-state index in [1.54, 1.807) is 0 Å². The molecule has 2 nitrogen and oxygen atoms in total. The van der Waals surface area contributed by atoms with Gasteiger partial charge >= 0.3 is 5.97 Å². The Morgan fingerprint density at radius 2 is 1.70 bits per heavy atom. The highest BCUT2D eigenvalue weighted by Crippen LogP contribution is 2.33. The van der Waals surface area contributed by atoms with E-state index in [4.69, 9.17) is 4.74 Å². The first kappa shape index (κ1) is 22.3. The number of carbonyl (C=O) groups excluding carboxylic acids is 1. The third-order valence-corrected chi connectivity index (χ3v) is 6.15. The van der Waals surface area contributed by atoms with Crippen molar-refractivity contribution in [1.82, 2.24) is 0 Å². The Hall–Kier alpha value is -2.35. The summed E-state index contributed by atoms with van der Waals surface area (Å²) in [5.74, 6) is 1.15. The largest absolute Gasteiger partial charge is 0.423 e. The molecule has 0 heterocycles. The first-order valence-electron chi connectivity index (χ1n) is 11.8. The van der Waals surface area contributed by atoms with Crippen molar-refractivity contribution in [3.63, 3.8) is 0 Å². The summed E-state index contributed by atoms with van der Waals surface area (Å²) in [5.41, 5.74) is 4.53. The van der Waals surface area contributed by atoms with Crippen LogP contribution in [0.25, 0.3) is 5.57 Å². The lowest BCUT2D eigenvalue weighted by molar-refractivity contribution is 0.0734. The lowest BCUT2D eigenvalue weighted by atomic mass is 9.84. The lowest BCUT2D eigenvalue weighted by Gasteiger charge is -2.22. The second-order valence-electron chi connectivity index (χ2n) is 8.58. The first-order valence-corrected chi connectivity index (χ1v) is 11.8. The SMILES string of the molecule is CCCCCCC1CC=C(c2ccc(C(=O)Oc3ccc(CCC)cc3)cc2)CC1. The van der Waals surface area contributed by atoms with Crippen molar-refractivity contribution >= 4 is 11.5 Å². The summed E-state index contributed by atoms with van der Waals surface area (Å²) in [5, 5.41) is 0. The quantitative estimate of drug-likeness (QED) is 0.228. The van der Waals surface area contributed by atoms with Gasteiger partial charge in [-0.25, -0.2) is 4.79 Å². The molecule has 2 heteroatoms. The summed E-state index contributed by atoms with van der Waals surface area (Å²) in [7, 11) is 0. The fraction of sp³-hybridized carbons (Fsp3) is 0.464. The Labute approximate surface area is 182 Å². The molecule has 3 rings (SSSR count). The fourth-order valence-electron chi connectivity index (χ4n) is 4.27. The number of aryl methyl sites for hydroxylation is 1. The van der Waals surface area contributed by atoms with Crippen LogP contribution in [0.1, 0.15) is 93.1 Å². The van der Waals surface area contributed by atoms with Crippen molar-refractivity contribution in [1.29, 1.82) is 0 Å². The Balaban J connectivity index is 1.52. The smallest absolute Gasteiger partial charge is 0.343 e. The van der Waals surface area contributed by atoms with Gasteiger partial charge in [0.2, 0.25) is 0 Å². The van der Waals surface area contributed by atoms with Crippen LogP contribution in [0, 0.1) is 5.92 Å². The molecule has 0 amide bonds. The van der Waals surface area contributed by atoms with Crippen LogP contribution >= 0.6 is 0 Å². The molecule has 2 aromatic rings. The minimum absolute atomic E-state index is 0.297. The Bertz CT molecular complexity index is 815. The van der Waals surface area contributed by atoms with Crippen LogP contribution in [0.3, 0.4) is 0 Å². The van der Waals surface area contributed by atoms with Gasteiger partial charge in [0.15, 0.2) is 0 Å². The zero-order valence-corrected chi connectivity index (χ0v) is 18.7. The molecule has 1 aliphatic rings. The van der Waals surface area contributed by atoms with E-state index in [0.717, 1.165) is 25.2 Å². The summed E-state index contributed by atoms with van der Waals surface area (Å²) in [4.78, 5) is 12.5. The van der Waals surface area contributed by atoms with Crippen LogP contribution in [-0.2, 0) is 6.42 Å². The van der Waals surface area contributed by atoms with Gasteiger partial charge in [-0.05, 0) is 72.6 Å². The van der Waals surface area contributed by atoms with Crippen LogP contribution in [0.15, 0.2) is 54.6 Å². The summed E-state index contributed by atoms with van der Waals surface area (Å²) >= 11 is 0. The average Bonchev–Trinajstić information content (AvgIpc) is 2.79. The van der Waals surface area contributed by atoms with E-state index >= 15 is 0 Å². The number of esters is 1. The highest BCUT2D eigenvalue weighted by Gasteiger charge is 2.16. The molecule has 160 valence electrons. The molecule has 0 aliphatic heterocycles. The molecule has 2 aromatic carbocycles. The highest BCUT2D eigenvalue weighted by molar-refractivity contribution is 5.91. The summed E-state index contributed by atoms with van der Waals surface area (Å²) in [6, 6.07) is 15.7. The summed E-state index contributed by atoms with van der Waals surface area (Å²) in [6.45, 7) is 4.43. The summed E-state index contributed by atoms with van der Waals surface area (Å²) in [6.07, 6.45) is 15.0. The van der Waals surface area contributed by atoms with Crippen molar-refractivity contribution in [2.24, 2.45) is 5.92 Å². The Kier molecular flexibility index (Phi) is 8.74. The van der Waals surface area contributed by atoms with E-state index in [1.807, 2.05) is 36.4 Å². The van der Waals surface area contributed by atoms with Crippen LogP contribution in [0.4, 0.5) is 0 Å². The third kappa shape index (κ3) is 6.58. The van der Waals surface area contributed by atoms with E-state index in [0.29, 0.717) is 11.3 Å². The molecular weight excluding hydrogens is 368 g/mol.